The maximum absolute atomic E-state index is 12.9. The summed E-state index contributed by atoms with van der Waals surface area (Å²) >= 11 is 0. The Hall–Kier alpha value is -3.61. The predicted octanol–water partition coefficient (Wildman–Crippen LogP) is 4.06. The van der Waals surface area contributed by atoms with E-state index in [1.165, 1.54) is 5.56 Å². The van der Waals surface area contributed by atoms with Crippen molar-refractivity contribution >= 4 is 23.4 Å². The molecule has 2 aromatic carbocycles. The SMILES string of the molecule is CCc1ccc(C(=O)N2CCN(c3nc(C)cc(Nc4ccc(OC)cc4)n3)CC2)cc1. The number of nitrogens with zero attached hydrogens (tertiary/aromatic N) is 4. The van der Waals surface area contributed by atoms with Crippen LogP contribution in [0.25, 0.3) is 0 Å². The smallest absolute Gasteiger partial charge is 0.253 e. The molecular weight excluding hydrogens is 402 g/mol. The van der Waals surface area contributed by atoms with E-state index in [2.05, 4.69) is 22.1 Å². The summed E-state index contributed by atoms with van der Waals surface area (Å²) in [6.45, 7) is 6.76. The van der Waals surface area contributed by atoms with Gasteiger partial charge in [-0.05, 0) is 55.3 Å². The summed E-state index contributed by atoms with van der Waals surface area (Å²) in [6, 6.07) is 17.5. The number of amides is 1. The number of methoxy groups -OCH3 is 1. The van der Waals surface area contributed by atoms with Crippen LogP contribution in [0.3, 0.4) is 0 Å². The van der Waals surface area contributed by atoms with Crippen LogP contribution < -0.4 is 15.0 Å². The first-order chi connectivity index (χ1) is 15.6. The highest BCUT2D eigenvalue weighted by Gasteiger charge is 2.24. The predicted molar refractivity (Wildman–Crippen MR) is 127 cm³/mol. The molecule has 0 saturated carbocycles. The van der Waals surface area contributed by atoms with E-state index in [1.54, 1.807) is 7.11 Å². The van der Waals surface area contributed by atoms with Crippen molar-refractivity contribution in [2.75, 3.05) is 43.5 Å². The highest BCUT2D eigenvalue weighted by atomic mass is 16.5. The highest BCUT2D eigenvalue weighted by molar-refractivity contribution is 5.94. The van der Waals surface area contributed by atoms with Crippen LogP contribution in [-0.2, 0) is 6.42 Å². The third-order valence-corrected chi connectivity index (χ3v) is 5.66. The summed E-state index contributed by atoms with van der Waals surface area (Å²) in [5, 5.41) is 3.34. The van der Waals surface area contributed by atoms with E-state index in [0.717, 1.165) is 34.9 Å². The number of piperazine rings is 1. The lowest BCUT2D eigenvalue weighted by Gasteiger charge is -2.35. The third-order valence-electron chi connectivity index (χ3n) is 5.66. The molecule has 0 spiro atoms. The summed E-state index contributed by atoms with van der Waals surface area (Å²) in [5.41, 5.74) is 3.80. The van der Waals surface area contributed by atoms with Crippen molar-refractivity contribution in [1.82, 2.24) is 14.9 Å². The molecule has 1 amide bonds. The van der Waals surface area contributed by atoms with Gasteiger partial charge in [0.2, 0.25) is 5.95 Å². The molecule has 0 aliphatic carbocycles. The number of hydrogen-bond donors (Lipinski definition) is 1. The molecule has 1 aliphatic rings. The van der Waals surface area contributed by atoms with Gasteiger partial charge in [-0.15, -0.1) is 0 Å². The van der Waals surface area contributed by atoms with Gasteiger partial charge in [0.05, 0.1) is 7.11 Å². The molecule has 1 saturated heterocycles. The molecule has 1 aromatic heterocycles. The van der Waals surface area contributed by atoms with Gasteiger partial charge < -0.3 is 19.9 Å². The van der Waals surface area contributed by atoms with Crippen molar-refractivity contribution in [1.29, 1.82) is 0 Å². The molecule has 1 aliphatic heterocycles. The first kappa shape index (κ1) is 21.6. The number of rotatable bonds is 6. The second-order valence-corrected chi connectivity index (χ2v) is 7.88. The molecule has 2 heterocycles. The summed E-state index contributed by atoms with van der Waals surface area (Å²) in [4.78, 5) is 26.2. The lowest BCUT2D eigenvalue weighted by atomic mass is 10.1. The molecule has 0 radical (unpaired) electrons. The minimum atomic E-state index is 0.0827. The number of hydrogen-bond acceptors (Lipinski definition) is 6. The van der Waals surface area contributed by atoms with Gasteiger partial charge in [0.1, 0.15) is 11.6 Å². The number of benzene rings is 2. The maximum Gasteiger partial charge on any atom is 0.253 e. The number of aromatic nitrogens is 2. The van der Waals surface area contributed by atoms with Crippen LogP contribution in [0.4, 0.5) is 17.5 Å². The Morgan fingerprint density at radius 1 is 1.00 bits per heavy atom. The fourth-order valence-electron chi connectivity index (χ4n) is 3.76. The van der Waals surface area contributed by atoms with Gasteiger partial charge in [-0.2, -0.15) is 4.98 Å². The van der Waals surface area contributed by atoms with Crippen LogP contribution >= 0.6 is 0 Å². The van der Waals surface area contributed by atoms with Gasteiger partial charge in [0.25, 0.3) is 5.91 Å². The van der Waals surface area contributed by atoms with Crippen molar-refractivity contribution in [3.63, 3.8) is 0 Å². The van der Waals surface area contributed by atoms with E-state index in [1.807, 2.05) is 66.4 Å². The standard InChI is InChI=1S/C25H29N5O2/c1-4-19-5-7-20(8-6-19)24(31)29-13-15-30(16-14-29)25-26-18(2)17-23(28-25)27-21-9-11-22(32-3)12-10-21/h5-12,17H,4,13-16H2,1-3H3,(H,26,27,28). The summed E-state index contributed by atoms with van der Waals surface area (Å²) < 4.78 is 5.21. The zero-order chi connectivity index (χ0) is 22.5. The first-order valence-corrected chi connectivity index (χ1v) is 11.0. The second kappa shape index (κ2) is 9.68. The summed E-state index contributed by atoms with van der Waals surface area (Å²) in [7, 11) is 1.65. The molecule has 32 heavy (non-hydrogen) atoms. The number of ether oxygens (including phenoxy) is 1. The highest BCUT2D eigenvalue weighted by Crippen LogP contribution is 2.22. The average molecular weight is 432 g/mol. The summed E-state index contributed by atoms with van der Waals surface area (Å²) in [5.74, 6) is 2.32. The normalized spacial score (nSPS) is 13.7. The van der Waals surface area contributed by atoms with Crippen LogP contribution in [-0.4, -0.2) is 54.1 Å². The average Bonchev–Trinajstić information content (AvgIpc) is 2.84. The van der Waals surface area contributed by atoms with Crippen LogP contribution in [0.5, 0.6) is 5.75 Å². The molecule has 7 heteroatoms. The fourth-order valence-corrected chi connectivity index (χ4v) is 3.76. The van der Waals surface area contributed by atoms with Gasteiger partial charge in [0, 0.05) is 49.2 Å². The van der Waals surface area contributed by atoms with Crippen LogP contribution in [0.1, 0.15) is 28.5 Å². The van der Waals surface area contributed by atoms with E-state index < -0.39 is 0 Å². The Kier molecular flexibility index (Phi) is 6.54. The molecule has 0 unspecified atom stereocenters. The molecule has 4 rings (SSSR count). The third kappa shape index (κ3) is 4.99. The Morgan fingerprint density at radius 3 is 2.31 bits per heavy atom. The van der Waals surface area contributed by atoms with Crippen molar-refractivity contribution < 1.29 is 9.53 Å². The van der Waals surface area contributed by atoms with Gasteiger partial charge in [-0.25, -0.2) is 4.98 Å². The minimum absolute atomic E-state index is 0.0827. The molecule has 3 aromatic rings. The van der Waals surface area contributed by atoms with E-state index in [4.69, 9.17) is 9.72 Å². The molecule has 0 atom stereocenters. The summed E-state index contributed by atoms with van der Waals surface area (Å²) in [6.07, 6.45) is 0.971. The number of carbonyl (C=O) groups is 1. The van der Waals surface area contributed by atoms with Crippen LogP contribution in [0.15, 0.2) is 54.6 Å². The number of anilines is 3. The Morgan fingerprint density at radius 2 is 1.69 bits per heavy atom. The molecule has 166 valence electrons. The van der Waals surface area contributed by atoms with E-state index in [0.29, 0.717) is 32.1 Å². The zero-order valence-electron chi connectivity index (χ0n) is 18.8. The van der Waals surface area contributed by atoms with Gasteiger partial charge in [0.15, 0.2) is 0 Å². The molecular formula is C25H29N5O2. The van der Waals surface area contributed by atoms with Crippen molar-refractivity contribution in [2.24, 2.45) is 0 Å². The lowest BCUT2D eigenvalue weighted by Crippen LogP contribution is -2.49. The molecule has 1 N–H and O–H groups in total. The Balaban J connectivity index is 1.40. The monoisotopic (exact) mass is 431 g/mol. The van der Waals surface area contributed by atoms with Gasteiger partial charge >= 0.3 is 0 Å². The number of nitrogens with one attached hydrogen (secondary N) is 1. The van der Waals surface area contributed by atoms with Crippen molar-refractivity contribution in [3.8, 4) is 5.75 Å². The minimum Gasteiger partial charge on any atom is -0.497 e. The quantitative estimate of drug-likeness (QED) is 0.635. The first-order valence-electron chi connectivity index (χ1n) is 11.0. The zero-order valence-corrected chi connectivity index (χ0v) is 18.8. The lowest BCUT2D eigenvalue weighted by molar-refractivity contribution is 0.0746. The Labute approximate surface area is 189 Å². The molecule has 1 fully saturated rings. The topological polar surface area (TPSA) is 70.6 Å². The largest absolute Gasteiger partial charge is 0.497 e. The maximum atomic E-state index is 12.9. The molecule has 7 nitrogen and oxygen atoms in total. The van der Waals surface area contributed by atoms with E-state index >= 15 is 0 Å². The second-order valence-electron chi connectivity index (χ2n) is 7.88. The van der Waals surface area contributed by atoms with E-state index in [-0.39, 0.29) is 5.91 Å². The molecule has 0 bridgehead atoms. The number of aryl methyl sites for hydroxylation is 2. The van der Waals surface area contributed by atoms with Gasteiger partial charge in [-0.3, -0.25) is 4.79 Å². The Bertz CT molecular complexity index is 1060. The number of carbonyl (C=O) groups excluding carboxylic acids is 1. The van der Waals surface area contributed by atoms with Crippen LogP contribution in [0, 0.1) is 6.92 Å². The van der Waals surface area contributed by atoms with Gasteiger partial charge in [-0.1, -0.05) is 19.1 Å². The fraction of sp³-hybridized carbons (Fsp3) is 0.320. The van der Waals surface area contributed by atoms with Crippen LogP contribution in [0.2, 0.25) is 0 Å². The van der Waals surface area contributed by atoms with Crippen molar-refractivity contribution in [3.05, 3.63) is 71.4 Å². The van der Waals surface area contributed by atoms with Crippen molar-refractivity contribution in [2.45, 2.75) is 20.3 Å². The van der Waals surface area contributed by atoms with E-state index in [9.17, 15) is 4.79 Å².